The molecule has 6 nitrogen and oxygen atoms in total. The Hall–Kier alpha value is -1.85. The van der Waals surface area contributed by atoms with Gasteiger partial charge in [-0.15, -0.1) is 0 Å². The molecule has 0 unspecified atom stereocenters. The number of nitrogens with one attached hydrogen (secondary N) is 2. The molecule has 0 saturated heterocycles. The van der Waals surface area contributed by atoms with Gasteiger partial charge in [0, 0.05) is 5.56 Å². The molecule has 0 aliphatic carbocycles. The van der Waals surface area contributed by atoms with Gasteiger partial charge in [-0.05, 0) is 6.42 Å². The Bertz CT molecular complexity index is 472. The molecule has 2 N–H and O–H groups in total. The Kier molecular flexibility index (Phi) is 3.43. The number of hydrogen-bond donors (Lipinski definition) is 2. The number of ether oxygens (including phenoxy) is 1. The molecule has 0 amide bonds. The fraction of sp³-hybridized carbons (Fsp3) is 0.444. The molecule has 0 spiro atoms. The molecular weight excluding hydrogens is 200 g/mol. The van der Waals surface area contributed by atoms with E-state index in [-0.39, 0.29) is 11.3 Å². The van der Waals surface area contributed by atoms with Crippen molar-refractivity contribution in [2.45, 2.75) is 19.8 Å². The van der Waals surface area contributed by atoms with Crippen LogP contribution in [0.15, 0.2) is 9.59 Å². The van der Waals surface area contributed by atoms with E-state index in [0.29, 0.717) is 12.8 Å². The van der Waals surface area contributed by atoms with Gasteiger partial charge >= 0.3 is 11.7 Å². The predicted molar refractivity (Wildman–Crippen MR) is 53.0 cm³/mol. The van der Waals surface area contributed by atoms with Gasteiger partial charge in [0.1, 0.15) is 5.69 Å². The molecule has 0 aromatic carbocycles. The molecule has 0 fully saturated rings. The summed E-state index contributed by atoms with van der Waals surface area (Å²) in [6.07, 6.45) is 1.11. The minimum absolute atomic E-state index is 0.0619. The van der Waals surface area contributed by atoms with Crippen molar-refractivity contribution in [1.82, 2.24) is 9.97 Å². The molecule has 0 bridgehead atoms. The molecule has 1 aromatic rings. The summed E-state index contributed by atoms with van der Waals surface area (Å²) >= 11 is 0. The fourth-order valence-corrected chi connectivity index (χ4v) is 1.28. The van der Waals surface area contributed by atoms with Gasteiger partial charge in [-0.3, -0.25) is 9.78 Å². The first-order valence-corrected chi connectivity index (χ1v) is 4.54. The van der Waals surface area contributed by atoms with Crippen LogP contribution >= 0.6 is 0 Å². The lowest BCUT2D eigenvalue weighted by molar-refractivity contribution is 0.0591. The summed E-state index contributed by atoms with van der Waals surface area (Å²) in [5.74, 6) is -0.707. The zero-order chi connectivity index (χ0) is 11.4. The Morgan fingerprint density at radius 2 is 2.00 bits per heavy atom. The quantitative estimate of drug-likeness (QED) is 0.679. The molecule has 0 atom stereocenters. The van der Waals surface area contributed by atoms with Gasteiger partial charge in [-0.25, -0.2) is 9.59 Å². The van der Waals surface area contributed by atoms with Gasteiger partial charge in [0.05, 0.1) is 7.11 Å². The first-order valence-electron chi connectivity index (χ1n) is 4.54. The predicted octanol–water partition coefficient (Wildman–Crippen LogP) is -0.198. The van der Waals surface area contributed by atoms with E-state index in [1.54, 1.807) is 0 Å². The number of methoxy groups -OCH3 is 1. The Labute approximate surface area is 85.3 Å². The van der Waals surface area contributed by atoms with Crippen LogP contribution in [0, 0.1) is 0 Å². The third kappa shape index (κ3) is 2.34. The Morgan fingerprint density at radius 1 is 1.33 bits per heavy atom. The van der Waals surface area contributed by atoms with Crippen LogP contribution in [0.5, 0.6) is 0 Å². The number of aromatic amines is 2. The summed E-state index contributed by atoms with van der Waals surface area (Å²) in [6.45, 7) is 1.87. The van der Waals surface area contributed by atoms with E-state index in [4.69, 9.17) is 0 Å². The van der Waals surface area contributed by atoms with Gasteiger partial charge in [0.2, 0.25) is 0 Å². The van der Waals surface area contributed by atoms with Crippen LogP contribution in [-0.4, -0.2) is 23.0 Å². The van der Waals surface area contributed by atoms with Gasteiger partial charge in [0.25, 0.3) is 5.56 Å². The smallest absolute Gasteiger partial charge is 0.355 e. The number of carbonyl (C=O) groups is 1. The minimum Gasteiger partial charge on any atom is -0.464 e. The van der Waals surface area contributed by atoms with E-state index >= 15 is 0 Å². The van der Waals surface area contributed by atoms with Gasteiger partial charge in [0.15, 0.2) is 0 Å². The van der Waals surface area contributed by atoms with E-state index in [9.17, 15) is 14.4 Å². The second-order valence-corrected chi connectivity index (χ2v) is 3.00. The lowest BCUT2D eigenvalue weighted by Gasteiger charge is -2.04. The highest BCUT2D eigenvalue weighted by molar-refractivity contribution is 5.88. The molecule has 1 heterocycles. The van der Waals surface area contributed by atoms with Crippen LogP contribution in [0.3, 0.4) is 0 Å². The van der Waals surface area contributed by atoms with Crippen molar-refractivity contribution in [1.29, 1.82) is 0 Å². The molecule has 1 aromatic heterocycles. The maximum absolute atomic E-state index is 11.4. The SMILES string of the molecule is CCCc1c(C(=O)OC)[nH]c(=O)[nH]c1=O. The van der Waals surface area contributed by atoms with Crippen molar-refractivity contribution >= 4 is 5.97 Å². The third-order valence-electron chi connectivity index (χ3n) is 1.93. The minimum atomic E-state index is -0.708. The second kappa shape index (κ2) is 4.59. The van der Waals surface area contributed by atoms with Crippen LogP contribution in [0.1, 0.15) is 29.4 Å². The lowest BCUT2D eigenvalue weighted by Crippen LogP contribution is -2.30. The summed E-state index contributed by atoms with van der Waals surface area (Å²) in [5.41, 5.74) is -1.06. The van der Waals surface area contributed by atoms with E-state index in [2.05, 4.69) is 14.7 Å². The van der Waals surface area contributed by atoms with Crippen molar-refractivity contribution in [3.8, 4) is 0 Å². The third-order valence-corrected chi connectivity index (χ3v) is 1.93. The van der Waals surface area contributed by atoms with Crippen molar-refractivity contribution in [3.63, 3.8) is 0 Å². The fourth-order valence-electron chi connectivity index (χ4n) is 1.28. The summed E-state index contributed by atoms with van der Waals surface area (Å²) in [4.78, 5) is 38.0. The van der Waals surface area contributed by atoms with Crippen molar-refractivity contribution in [2.75, 3.05) is 7.11 Å². The molecular formula is C9H12N2O4. The highest BCUT2D eigenvalue weighted by atomic mass is 16.5. The van der Waals surface area contributed by atoms with Gasteiger partial charge in [-0.1, -0.05) is 13.3 Å². The first-order chi connectivity index (χ1) is 7.10. The van der Waals surface area contributed by atoms with E-state index in [1.165, 1.54) is 7.11 Å². The zero-order valence-corrected chi connectivity index (χ0v) is 8.55. The van der Waals surface area contributed by atoms with Crippen LogP contribution < -0.4 is 11.2 Å². The van der Waals surface area contributed by atoms with Crippen LogP contribution in [0.4, 0.5) is 0 Å². The van der Waals surface area contributed by atoms with Crippen molar-refractivity contribution in [2.24, 2.45) is 0 Å². The number of H-pyrrole nitrogens is 2. The molecule has 0 radical (unpaired) electrons. The maximum atomic E-state index is 11.4. The molecule has 0 aliphatic heterocycles. The topological polar surface area (TPSA) is 92.0 Å². The van der Waals surface area contributed by atoms with Crippen LogP contribution in [-0.2, 0) is 11.2 Å². The summed E-state index contributed by atoms with van der Waals surface area (Å²) in [5, 5.41) is 0. The highest BCUT2D eigenvalue weighted by Crippen LogP contribution is 2.02. The molecule has 0 aliphatic rings. The number of esters is 1. The molecule has 0 saturated carbocycles. The first kappa shape index (κ1) is 11.2. The zero-order valence-electron chi connectivity index (χ0n) is 8.55. The average Bonchev–Trinajstić information content (AvgIpc) is 2.20. The molecule has 1 rings (SSSR count). The normalized spacial score (nSPS) is 10.0. The Balaban J connectivity index is 3.39. The monoisotopic (exact) mass is 212 g/mol. The second-order valence-electron chi connectivity index (χ2n) is 3.00. The van der Waals surface area contributed by atoms with Gasteiger partial charge < -0.3 is 9.72 Å². The molecule has 15 heavy (non-hydrogen) atoms. The lowest BCUT2D eigenvalue weighted by atomic mass is 10.1. The van der Waals surface area contributed by atoms with E-state index in [0.717, 1.165) is 0 Å². The molecule has 82 valence electrons. The standard InChI is InChI=1S/C9H12N2O4/c1-3-4-5-6(8(13)15-2)10-9(14)11-7(5)12/h3-4H2,1-2H3,(H2,10,11,12,14). The number of hydrogen-bond acceptors (Lipinski definition) is 4. The van der Waals surface area contributed by atoms with Crippen molar-refractivity contribution < 1.29 is 9.53 Å². The van der Waals surface area contributed by atoms with Gasteiger partial charge in [-0.2, -0.15) is 0 Å². The number of carbonyl (C=O) groups excluding carboxylic acids is 1. The van der Waals surface area contributed by atoms with Crippen molar-refractivity contribution in [3.05, 3.63) is 32.1 Å². The van der Waals surface area contributed by atoms with Crippen LogP contribution in [0.25, 0.3) is 0 Å². The number of rotatable bonds is 3. The van der Waals surface area contributed by atoms with E-state index < -0.39 is 17.2 Å². The highest BCUT2D eigenvalue weighted by Gasteiger charge is 2.15. The average molecular weight is 212 g/mol. The Morgan fingerprint density at radius 3 is 2.53 bits per heavy atom. The summed E-state index contributed by atoms with van der Waals surface area (Å²) in [6, 6.07) is 0. The largest absolute Gasteiger partial charge is 0.464 e. The summed E-state index contributed by atoms with van der Waals surface area (Å²) < 4.78 is 4.47. The maximum Gasteiger partial charge on any atom is 0.355 e. The van der Waals surface area contributed by atoms with Crippen LogP contribution in [0.2, 0.25) is 0 Å². The summed E-state index contributed by atoms with van der Waals surface area (Å²) in [7, 11) is 1.19. The number of aromatic nitrogens is 2. The van der Waals surface area contributed by atoms with E-state index in [1.807, 2.05) is 6.92 Å². The molecule has 6 heteroatoms.